The molecule has 0 radical (unpaired) electrons. The second-order valence-corrected chi connectivity index (χ2v) is 6.06. The third-order valence-electron chi connectivity index (χ3n) is 4.97. The molecule has 0 spiro atoms. The Morgan fingerprint density at radius 3 is 2.40 bits per heavy atom. The molecule has 3 fully saturated rings. The number of likely N-dealkylation sites (tertiary alicyclic amines) is 1. The zero-order chi connectivity index (χ0) is 10.3. The highest BCUT2D eigenvalue weighted by Crippen LogP contribution is 2.43. The minimum Gasteiger partial charge on any atom is -0.316 e. The molecule has 0 aromatic carbocycles. The van der Waals surface area contributed by atoms with Gasteiger partial charge in [-0.25, -0.2) is 0 Å². The Kier molecular flexibility index (Phi) is 2.73. The van der Waals surface area contributed by atoms with Crippen LogP contribution in [0.1, 0.15) is 26.2 Å². The molecule has 86 valence electrons. The fourth-order valence-corrected chi connectivity index (χ4v) is 3.69. The van der Waals surface area contributed by atoms with Crippen molar-refractivity contribution in [1.82, 2.24) is 10.2 Å². The molecule has 15 heavy (non-hydrogen) atoms. The molecule has 2 heterocycles. The Hall–Kier alpha value is -0.0800. The number of hydrogen-bond acceptors (Lipinski definition) is 2. The first-order valence-corrected chi connectivity index (χ1v) is 6.76. The van der Waals surface area contributed by atoms with E-state index in [-0.39, 0.29) is 0 Å². The van der Waals surface area contributed by atoms with E-state index in [1.54, 1.807) is 0 Å². The monoisotopic (exact) mass is 208 g/mol. The number of fused-ring (bicyclic) bond motifs is 2. The van der Waals surface area contributed by atoms with Crippen LogP contribution in [-0.4, -0.2) is 37.6 Å². The maximum atomic E-state index is 3.54. The Morgan fingerprint density at radius 1 is 1.13 bits per heavy atom. The SMILES string of the molecule is CC1CCN(CC2C3CNC[C@H]2C3)CC1. The summed E-state index contributed by atoms with van der Waals surface area (Å²) in [5.74, 6) is 4.05. The Bertz CT molecular complexity index is 207. The lowest BCUT2D eigenvalue weighted by molar-refractivity contribution is -0.00267. The van der Waals surface area contributed by atoms with Crippen molar-refractivity contribution in [1.29, 1.82) is 0 Å². The minimum absolute atomic E-state index is 0.976. The molecule has 3 rings (SSSR count). The van der Waals surface area contributed by atoms with Crippen LogP contribution in [0.25, 0.3) is 0 Å². The summed E-state index contributed by atoms with van der Waals surface area (Å²) in [6.07, 6.45) is 4.38. The van der Waals surface area contributed by atoms with Gasteiger partial charge in [0.05, 0.1) is 0 Å². The van der Waals surface area contributed by atoms with E-state index in [1.807, 2.05) is 0 Å². The highest BCUT2D eigenvalue weighted by atomic mass is 15.1. The van der Waals surface area contributed by atoms with Crippen molar-refractivity contribution in [3.63, 3.8) is 0 Å². The largest absolute Gasteiger partial charge is 0.316 e. The molecule has 1 aliphatic carbocycles. The van der Waals surface area contributed by atoms with Gasteiger partial charge in [-0.3, -0.25) is 0 Å². The second-order valence-electron chi connectivity index (χ2n) is 6.06. The van der Waals surface area contributed by atoms with Crippen molar-refractivity contribution < 1.29 is 0 Å². The first-order chi connectivity index (χ1) is 7.33. The van der Waals surface area contributed by atoms with Crippen LogP contribution in [-0.2, 0) is 0 Å². The Morgan fingerprint density at radius 2 is 1.80 bits per heavy atom. The van der Waals surface area contributed by atoms with Crippen LogP contribution in [0.15, 0.2) is 0 Å². The van der Waals surface area contributed by atoms with E-state index in [4.69, 9.17) is 0 Å². The predicted octanol–water partition coefficient (Wildman–Crippen LogP) is 1.57. The zero-order valence-electron chi connectivity index (χ0n) is 9.91. The molecular weight excluding hydrogens is 184 g/mol. The first-order valence-electron chi connectivity index (χ1n) is 6.76. The van der Waals surface area contributed by atoms with Crippen LogP contribution < -0.4 is 5.32 Å². The third kappa shape index (κ3) is 1.94. The molecule has 2 heteroatoms. The summed E-state index contributed by atoms with van der Waals surface area (Å²) in [4.78, 5) is 2.73. The van der Waals surface area contributed by atoms with Crippen LogP contribution in [0.5, 0.6) is 0 Å². The van der Waals surface area contributed by atoms with E-state index in [1.165, 1.54) is 52.0 Å². The number of hydrogen-bond donors (Lipinski definition) is 1. The van der Waals surface area contributed by atoms with Crippen LogP contribution in [0.3, 0.4) is 0 Å². The Balaban J connectivity index is 1.49. The molecule has 3 atom stereocenters. The highest BCUT2D eigenvalue weighted by molar-refractivity contribution is 4.97. The third-order valence-corrected chi connectivity index (χ3v) is 4.97. The highest BCUT2D eigenvalue weighted by Gasteiger charge is 2.44. The van der Waals surface area contributed by atoms with E-state index in [0.717, 1.165) is 23.7 Å². The summed E-state index contributed by atoms with van der Waals surface area (Å²) in [6, 6.07) is 0. The summed E-state index contributed by atoms with van der Waals surface area (Å²) >= 11 is 0. The zero-order valence-corrected chi connectivity index (χ0v) is 9.91. The number of rotatable bonds is 2. The summed E-state index contributed by atoms with van der Waals surface area (Å²) in [5.41, 5.74) is 0. The average Bonchev–Trinajstić information content (AvgIpc) is 2.29. The van der Waals surface area contributed by atoms with Crippen molar-refractivity contribution in [2.45, 2.75) is 26.2 Å². The van der Waals surface area contributed by atoms with E-state index in [2.05, 4.69) is 17.1 Å². The molecule has 1 N–H and O–H groups in total. The quantitative estimate of drug-likeness (QED) is 0.741. The van der Waals surface area contributed by atoms with Crippen LogP contribution in [0, 0.1) is 23.7 Å². The van der Waals surface area contributed by atoms with Crippen molar-refractivity contribution in [3.05, 3.63) is 0 Å². The maximum absolute atomic E-state index is 3.54. The van der Waals surface area contributed by atoms with Crippen molar-refractivity contribution in [3.8, 4) is 0 Å². The molecule has 3 aliphatic rings. The molecule has 2 nitrogen and oxygen atoms in total. The van der Waals surface area contributed by atoms with Crippen molar-refractivity contribution in [2.75, 3.05) is 32.7 Å². The van der Waals surface area contributed by atoms with Gasteiger partial charge in [-0.1, -0.05) is 6.92 Å². The van der Waals surface area contributed by atoms with Gasteiger partial charge in [0.15, 0.2) is 0 Å². The minimum atomic E-state index is 0.976. The van der Waals surface area contributed by atoms with Gasteiger partial charge in [0, 0.05) is 6.54 Å². The van der Waals surface area contributed by atoms with E-state index >= 15 is 0 Å². The lowest BCUT2D eigenvalue weighted by Gasteiger charge is -2.52. The first kappa shape index (κ1) is 10.1. The second kappa shape index (κ2) is 4.06. The molecule has 0 aromatic rings. The molecule has 2 saturated heterocycles. The van der Waals surface area contributed by atoms with Gasteiger partial charge < -0.3 is 10.2 Å². The lowest BCUT2D eigenvalue weighted by atomic mass is 9.62. The van der Waals surface area contributed by atoms with E-state index in [9.17, 15) is 0 Å². The van der Waals surface area contributed by atoms with Crippen LogP contribution in [0.2, 0.25) is 0 Å². The van der Waals surface area contributed by atoms with Gasteiger partial charge in [-0.15, -0.1) is 0 Å². The number of nitrogens with zero attached hydrogens (tertiary/aromatic N) is 1. The summed E-state index contributed by atoms with van der Waals surface area (Å²) in [7, 11) is 0. The topological polar surface area (TPSA) is 15.3 Å². The normalized spacial score (nSPS) is 42.6. The molecule has 0 amide bonds. The standard InChI is InChI=1S/C13H24N2/c1-10-2-4-15(5-3-10)9-13-11-6-12(13)8-14-7-11/h10-14H,2-9H2,1H3/t11-,12?,13?/m1/s1. The van der Waals surface area contributed by atoms with Gasteiger partial charge in [0.2, 0.25) is 0 Å². The lowest BCUT2D eigenvalue weighted by Crippen LogP contribution is -2.57. The van der Waals surface area contributed by atoms with Gasteiger partial charge in [0.1, 0.15) is 0 Å². The predicted molar refractivity (Wildman–Crippen MR) is 62.8 cm³/mol. The number of piperidine rings is 3. The number of nitrogens with one attached hydrogen (secondary N) is 1. The Labute approximate surface area is 93.4 Å². The molecule has 1 saturated carbocycles. The fourth-order valence-electron chi connectivity index (χ4n) is 3.69. The van der Waals surface area contributed by atoms with Gasteiger partial charge >= 0.3 is 0 Å². The molecular formula is C13H24N2. The average molecular weight is 208 g/mol. The summed E-state index contributed by atoms with van der Waals surface area (Å²) in [6.45, 7) is 9.13. The molecule has 2 bridgehead atoms. The smallest absolute Gasteiger partial charge is 0.00159 e. The van der Waals surface area contributed by atoms with Crippen LogP contribution >= 0.6 is 0 Å². The van der Waals surface area contributed by atoms with Crippen molar-refractivity contribution >= 4 is 0 Å². The molecule has 2 unspecified atom stereocenters. The van der Waals surface area contributed by atoms with Crippen LogP contribution in [0.4, 0.5) is 0 Å². The molecule has 0 aromatic heterocycles. The maximum Gasteiger partial charge on any atom is 0.00159 e. The summed E-state index contributed by atoms with van der Waals surface area (Å²) in [5, 5.41) is 3.54. The van der Waals surface area contributed by atoms with Gasteiger partial charge in [-0.05, 0) is 69.1 Å². The van der Waals surface area contributed by atoms with Gasteiger partial charge in [0.25, 0.3) is 0 Å². The van der Waals surface area contributed by atoms with E-state index in [0.29, 0.717) is 0 Å². The van der Waals surface area contributed by atoms with E-state index < -0.39 is 0 Å². The van der Waals surface area contributed by atoms with Gasteiger partial charge in [-0.2, -0.15) is 0 Å². The molecule has 2 aliphatic heterocycles. The van der Waals surface area contributed by atoms with Crippen molar-refractivity contribution in [2.24, 2.45) is 23.7 Å². The summed E-state index contributed by atoms with van der Waals surface area (Å²) < 4.78 is 0. The fraction of sp³-hybridized carbons (Fsp3) is 1.00.